The van der Waals surface area contributed by atoms with Crippen molar-refractivity contribution in [1.29, 1.82) is 0 Å². The second kappa shape index (κ2) is 6.64. The van der Waals surface area contributed by atoms with Gasteiger partial charge in [0.15, 0.2) is 0 Å². The Hall–Kier alpha value is -1.23. The van der Waals surface area contributed by atoms with Crippen molar-refractivity contribution in [3.8, 4) is 5.75 Å². The van der Waals surface area contributed by atoms with Gasteiger partial charge in [-0.15, -0.1) is 0 Å². The van der Waals surface area contributed by atoms with E-state index in [4.69, 9.17) is 4.74 Å². The first kappa shape index (κ1) is 13.2. The minimum atomic E-state index is 0.907. The maximum atomic E-state index is 5.14. The van der Waals surface area contributed by atoms with Gasteiger partial charge < -0.3 is 10.1 Å². The molecule has 2 aromatic carbocycles. The summed E-state index contributed by atoms with van der Waals surface area (Å²) in [6.07, 6.45) is 1.01. The summed E-state index contributed by atoms with van der Waals surface area (Å²) in [7, 11) is 1.69. The largest absolute Gasteiger partial charge is 0.497 e. The first-order chi connectivity index (χ1) is 8.79. The third-order valence-corrected chi connectivity index (χ3v) is 3.70. The van der Waals surface area contributed by atoms with E-state index in [1.165, 1.54) is 14.8 Å². The number of halogens is 1. The number of ether oxygens (including phenoxy) is 1. The minimum Gasteiger partial charge on any atom is -0.497 e. The van der Waals surface area contributed by atoms with Crippen molar-refractivity contribution < 1.29 is 4.74 Å². The molecule has 0 aliphatic heterocycles. The van der Waals surface area contributed by atoms with Gasteiger partial charge in [0.05, 0.1) is 7.11 Å². The third kappa shape index (κ3) is 3.63. The van der Waals surface area contributed by atoms with Crippen molar-refractivity contribution in [2.75, 3.05) is 19.0 Å². The van der Waals surface area contributed by atoms with Crippen molar-refractivity contribution in [3.05, 3.63) is 57.7 Å². The van der Waals surface area contributed by atoms with E-state index in [-0.39, 0.29) is 0 Å². The molecule has 0 spiro atoms. The second-order valence-corrected chi connectivity index (χ2v) is 5.17. The summed E-state index contributed by atoms with van der Waals surface area (Å²) in [4.78, 5) is 0. The van der Waals surface area contributed by atoms with Crippen LogP contribution < -0.4 is 10.1 Å². The highest BCUT2D eigenvalue weighted by Crippen LogP contribution is 2.17. The normalized spacial score (nSPS) is 10.1. The number of hydrogen-bond acceptors (Lipinski definition) is 2. The van der Waals surface area contributed by atoms with Crippen molar-refractivity contribution in [3.63, 3.8) is 0 Å². The van der Waals surface area contributed by atoms with Crippen LogP contribution in [0, 0.1) is 3.57 Å². The number of benzene rings is 2. The molecular weight excluding hydrogens is 337 g/mol. The molecule has 3 heteroatoms. The van der Waals surface area contributed by atoms with Gasteiger partial charge in [0.1, 0.15) is 5.75 Å². The second-order valence-electron chi connectivity index (χ2n) is 4.00. The zero-order chi connectivity index (χ0) is 12.8. The third-order valence-electron chi connectivity index (χ3n) is 2.76. The monoisotopic (exact) mass is 353 g/mol. The van der Waals surface area contributed by atoms with E-state index in [9.17, 15) is 0 Å². The van der Waals surface area contributed by atoms with Crippen LogP contribution >= 0.6 is 22.6 Å². The van der Waals surface area contributed by atoms with Crippen LogP contribution in [0.3, 0.4) is 0 Å². The van der Waals surface area contributed by atoms with Gasteiger partial charge in [0.25, 0.3) is 0 Å². The van der Waals surface area contributed by atoms with E-state index >= 15 is 0 Å². The molecule has 0 heterocycles. The molecule has 0 aliphatic carbocycles. The van der Waals surface area contributed by atoms with Gasteiger partial charge in [-0.3, -0.25) is 0 Å². The maximum Gasteiger partial charge on any atom is 0.118 e. The van der Waals surface area contributed by atoms with Gasteiger partial charge in [-0.25, -0.2) is 0 Å². The van der Waals surface area contributed by atoms with E-state index in [2.05, 4.69) is 64.3 Å². The van der Waals surface area contributed by atoms with E-state index in [0.29, 0.717) is 0 Å². The predicted octanol–water partition coefficient (Wildman–Crippen LogP) is 3.95. The Kier molecular flexibility index (Phi) is 4.87. The quantitative estimate of drug-likeness (QED) is 0.822. The lowest BCUT2D eigenvalue weighted by Crippen LogP contribution is -2.05. The van der Waals surface area contributed by atoms with Crippen LogP contribution in [0.1, 0.15) is 5.56 Å². The lowest BCUT2D eigenvalue weighted by Gasteiger charge is -2.08. The molecular formula is C15H16INO. The summed E-state index contributed by atoms with van der Waals surface area (Å²) in [6, 6.07) is 16.5. The highest BCUT2D eigenvalue weighted by Gasteiger charge is 1.98. The Morgan fingerprint density at radius 1 is 1.06 bits per heavy atom. The fourth-order valence-corrected chi connectivity index (χ4v) is 2.32. The SMILES string of the molecule is COc1ccc(CCNc2ccccc2I)cc1. The van der Waals surface area contributed by atoms with Crippen molar-refractivity contribution in [2.24, 2.45) is 0 Å². The molecule has 2 nitrogen and oxygen atoms in total. The maximum absolute atomic E-state index is 5.14. The zero-order valence-electron chi connectivity index (χ0n) is 10.3. The molecule has 0 aliphatic rings. The van der Waals surface area contributed by atoms with Crippen molar-refractivity contribution >= 4 is 28.3 Å². The van der Waals surface area contributed by atoms with Gasteiger partial charge in [-0.1, -0.05) is 24.3 Å². The summed E-state index contributed by atoms with van der Waals surface area (Å²) in [6.45, 7) is 0.937. The highest BCUT2D eigenvalue weighted by molar-refractivity contribution is 14.1. The Balaban J connectivity index is 1.86. The molecule has 0 amide bonds. The first-order valence-corrected chi connectivity index (χ1v) is 6.99. The molecule has 0 radical (unpaired) electrons. The smallest absolute Gasteiger partial charge is 0.118 e. The van der Waals surface area contributed by atoms with Gasteiger partial charge in [0, 0.05) is 15.8 Å². The van der Waals surface area contributed by atoms with Gasteiger partial charge >= 0.3 is 0 Å². The Bertz CT molecular complexity index is 496. The Morgan fingerprint density at radius 3 is 2.44 bits per heavy atom. The lowest BCUT2D eigenvalue weighted by molar-refractivity contribution is 0.414. The van der Waals surface area contributed by atoms with Crippen LogP contribution in [0.2, 0.25) is 0 Å². The molecule has 0 saturated heterocycles. The summed E-state index contributed by atoms with van der Waals surface area (Å²) in [5.74, 6) is 0.907. The molecule has 0 aromatic heterocycles. The topological polar surface area (TPSA) is 21.3 Å². The molecule has 2 aromatic rings. The number of anilines is 1. The standard InChI is InChI=1S/C15H16INO/c1-18-13-8-6-12(7-9-13)10-11-17-15-5-3-2-4-14(15)16/h2-9,17H,10-11H2,1H3. The van der Waals surface area contributed by atoms with Crippen LogP contribution in [-0.4, -0.2) is 13.7 Å². The van der Waals surface area contributed by atoms with Crippen LogP contribution in [0.15, 0.2) is 48.5 Å². The Morgan fingerprint density at radius 2 is 1.78 bits per heavy atom. The first-order valence-electron chi connectivity index (χ1n) is 5.91. The average molecular weight is 353 g/mol. The Labute approximate surface area is 122 Å². The highest BCUT2D eigenvalue weighted by atomic mass is 127. The molecule has 0 saturated carbocycles. The van der Waals surface area contributed by atoms with Gasteiger partial charge in [-0.05, 0) is 58.8 Å². The number of rotatable bonds is 5. The molecule has 0 bridgehead atoms. The van der Waals surface area contributed by atoms with Crippen molar-refractivity contribution in [2.45, 2.75) is 6.42 Å². The lowest BCUT2D eigenvalue weighted by atomic mass is 10.1. The molecule has 0 fully saturated rings. The zero-order valence-corrected chi connectivity index (χ0v) is 12.5. The fourth-order valence-electron chi connectivity index (χ4n) is 1.74. The van der Waals surface area contributed by atoms with Crippen LogP contribution in [0.5, 0.6) is 5.75 Å². The molecule has 1 N–H and O–H groups in total. The molecule has 94 valence electrons. The summed E-state index contributed by atoms with van der Waals surface area (Å²) >= 11 is 2.35. The summed E-state index contributed by atoms with van der Waals surface area (Å²) < 4.78 is 6.40. The molecule has 0 atom stereocenters. The van der Waals surface area contributed by atoms with Gasteiger partial charge in [-0.2, -0.15) is 0 Å². The van der Waals surface area contributed by atoms with E-state index in [0.717, 1.165) is 18.7 Å². The van der Waals surface area contributed by atoms with Crippen molar-refractivity contribution in [1.82, 2.24) is 0 Å². The molecule has 2 rings (SSSR count). The molecule has 0 unspecified atom stereocenters. The predicted molar refractivity (Wildman–Crippen MR) is 84.3 cm³/mol. The van der Waals surface area contributed by atoms with Crippen LogP contribution in [-0.2, 0) is 6.42 Å². The van der Waals surface area contributed by atoms with Gasteiger partial charge in [0.2, 0.25) is 0 Å². The van der Waals surface area contributed by atoms with E-state index in [1.807, 2.05) is 12.1 Å². The average Bonchev–Trinajstić information content (AvgIpc) is 2.42. The van der Waals surface area contributed by atoms with E-state index < -0.39 is 0 Å². The number of methoxy groups -OCH3 is 1. The van der Waals surface area contributed by atoms with E-state index in [1.54, 1.807) is 7.11 Å². The summed E-state index contributed by atoms with van der Waals surface area (Å²) in [5.41, 5.74) is 2.51. The minimum absolute atomic E-state index is 0.907. The number of hydrogen-bond donors (Lipinski definition) is 1. The fraction of sp³-hybridized carbons (Fsp3) is 0.200. The van der Waals surface area contributed by atoms with Crippen LogP contribution in [0.25, 0.3) is 0 Å². The molecule has 18 heavy (non-hydrogen) atoms. The van der Waals surface area contributed by atoms with Crippen LogP contribution in [0.4, 0.5) is 5.69 Å². The number of nitrogens with one attached hydrogen (secondary N) is 1. The number of para-hydroxylation sites is 1. The summed E-state index contributed by atoms with van der Waals surface area (Å²) in [5, 5.41) is 3.45.